The van der Waals surface area contributed by atoms with Crippen LogP contribution in [0.2, 0.25) is 0 Å². The summed E-state index contributed by atoms with van der Waals surface area (Å²) in [4.78, 5) is 14.4. The van der Waals surface area contributed by atoms with Crippen molar-refractivity contribution in [2.24, 2.45) is 5.41 Å². The summed E-state index contributed by atoms with van der Waals surface area (Å²) in [5.74, 6) is 0. The van der Waals surface area contributed by atoms with Crippen LogP contribution in [0.15, 0.2) is 18.2 Å². The fourth-order valence-corrected chi connectivity index (χ4v) is 4.55. The van der Waals surface area contributed by atoms with Crippen molar-refractivity contribution in [3.8, 4) is 0 Å². The molecule has 0 spiro atoms. The molecule has 1 aromatic carbocycles. The van der Waals surface area contributed by atoms with Crippen LogP contribution in [0, 0.1) is 5.41 Å². The summed E-state index contributed by atoms with van der Waals surface area (Å²) in [6.07, 6.45) is 6.70. The van der Waals surface area contributed by atoms with Gasteiger partial charge in [-0.2, -0.15) is 0 Å². The SMILES string of the molecule is CC1(C)CCc2cc(N)ccc2C1(C)CCNC(=O)N1CCCCC1. The third-order valence-corrected chi connectivity index (χ3v) is 6.78. The lowest BCUT2D eigenvalue weighted by Crippen LogP contribution is -2.48. The molecule has 4 heteroatoms. The quantitative estimate of drug-likeness (QED) is 0.812. The molecular formula is C21H33N3O. The number of hydrogen-bond acceptors (Lipinski definition) is 2. The number of nitrogens with two attached hydrogens (primary N) is 1. The van der Waals surface area contributed by atoms with Crippen LogP contribution in [0.3, 0.4) is 0 Å². The van der Waals surface area contributed by atoms with E-state index in [0.29, 0.717) is 0 Å². The lowest BCUT2D eigenvalue weighted by Gasteiger charge is -2.49. The summed E-state index contributed by atoms with van der Waals surface area (Å²) in [6.45, 7) is 9.60. The molecule has 1 saturated heterocycles. The minimum absolute atomic E-state index is 0.0451. The third kappa shape index (κ3) is 3.49. The Morgan fingerprint density at radius 1 is 1.20 bits per heavy atom. The molecule has 0 bridgehead atoms. The van der Waals surface area contributed by atoms with Crippen molar-refractivity contribution in [2.75, 3.05) is 25.4 Å². The average Bonchev–Trinajstić information content (AvgIpc) is 2.59. The van der Waals surface area contributed by atoms with Crippen molar-refractivity contribution >= 4 is 11.7 Å². The molecule has 2 amide bonds. The van der Waals surface area contributed by atoms with E-state index in [0.717, 1.165) is 57.4 Å². The largest absolute Gasteiger partial charge is 0.399 e. The zero-order valence-electron chi connectivity index (χ0n) is 16.0. The molecule has 0 aromatic heterocycles. The van der Waals surface area contributed by atoms with Gasteiger partial charge in [0.15, 0.2) is 0 Å². The molecule has 2 aliphatic rings. The van der Waals surface area contributed by atoms with Gasteiger partial charge in [-0.3, -0.25) is 0 Å². The molecule has 1 aromatic rings. The van der Waals surface area contributed by atoms with E-state index >= 15 is 0 Å². The maximum absolute atomic E-state index is 12.4. The van der Waals surface area contributed by atoms with Crippen LogP contribution in [0.25, 0.3) is 0 Å². The minimum atomic E-state index is 0.0451. The van der Waals surface area contributed by atoms with Gasteiger partial charge in [0.25, 0.3) is 0 Å². The number of fused-ring (bicyclic) bond motifs is 1. The molecular weight excluding hydrogens is 310 g/mol. The number of amides is 2. The van der Waals surface area contributed by atoms with Crippen LogP contribution in [0.5, 0.6) is 0 Å². The van der Waals surface area contributed by atoms with Crippen LogP contribution in [-0.2, 0) is 11.8 Å². The summed E-state index contributed by atoms with van der Waals surface area (Å²) in [5, 5.41) is 3.17. The first kappa shape index (κ1) is 18.1. The summed E-state index contributed by atoms with van der Waals surface area (Å²) in [5.41, 5.74) is 9.88. The van der Waals surface area contributed by atoms with Gasteiger partial charge in [-0.1, -0.05) is 26.8 Å². The first-order chi connectivity index (χ1) is 11.8. The van der Waals surface area contributed by atoms with E-state index < -0.39 is 0 Å². The van der Waals surface area contributed by atoms with Crippen LogP contribution in [0.4, 0.5) is 10.5 Å². The van der Waals surface area contributed by atoms with E-state index in [1.165, 1.54) is 17.5 Å². The number of carbonyl (C=O) groups excluding carboxylic acids is 1. The van der Waals surface area contributed by atoms with Gasteiger partial charge in [-0.25, -0.2) is 4.79 Å². The van der Waals surface area contributed by atoms with E-state index in [1.54, 1.807) is 0 Å². The Labute approximate surface area is 152 Å². The highest BCUT2D eigenvalue weighted by atomic mass is 16.2. The maximum Gasteiger partial charge on any atom is 0.317 e. The number of benzene rings is 1. The molecule has 1 heterocycles. The summed E-state index contributed by atoms with van der Waals surface area (Å²) >= 11 is 0. The average molecular weight is 344 g/mol. The number of urea groups is 1. The van der Waals surface area contributed by atoms with Gasteiger partial charge in [0, 0.05) is 25.3 Å². The van der Waals surface area contributed by atoms with Gasteiger partial charge in [0.05, 0.1) is 0 Å². The molecule has 1 atom stereocenters. The first-order valence-corrected chi connectivity index (χ1v) is 9.75. The molecule has 0 saturated carbocycles. The number of nitrogens with zero attached hydrogens (tertiary/aromatic N) is 1. The van der Waals surface area contributed by atoms with E-state index in [2.05, 4.69) is 38.2 Å². The maximum atomic E-state index is 12.4. The Balaban J connectivity index is 1.70. The van der Waals surface area contributed by atoms with Crippen molar-refractivity contribution < 1.29 is 4.79 Å². The van der Waals surface area contributed by atoms with Crippen LogP contribution in [-0.4, -0.2) is 30.6 Å². The molecule has 3 rings (SSSR count). The second-order valence-corrected chi connectivity index (χ2v) is 8.66. The van der Waals surface area contributed by atoms with Gasteiger partial charge in [-0.05, 0) is 72.6 Å². The van der Waals surface area contributed by atoms with Gasteiger partial charge >= 0.3 is 6.03 Å². The highest BCUT2D eigenvalue weighted by Gasteiger charge is 2.45. The van der Waals surface area contributed by atoms with E-state index in [-0.39, 0.29) is 16.9 Å². The topological polar surface area (TPSA) is 58.4 Å². The third-order valence-electron chi connectivity index (χ3n) is 6.78. The Kier molecular flexibility index (Phi) is 4.99. The fraction of sp³-hybridized carbons (Fsp3) is 0.667. The molecule has 1 unspecified atom stereocenters. The highest BCUT2D eigenvalue weighted by Crippen LogP contribution is 2.51. The van der Waals surface area contributed by atoms with E-state index in [4.69, 9.17) is 5.73 Å². The Hall–Kier alpha value is -1.71. The predicted octanol–water partition coefficient (Wildman–Crippen LogP) is 4.08. The predicted molar refractivity (Wildman–Crippen MR) is 104 cm³/mol. The zero-order chi connectivity index (χ0) is 18.1. The minimum Gasteiger partial charge on any atom is -0.399 e. The van der Waals surface area contributed by atoms with E-state index in [9.17, 15) is 4.79 Å². The zero-order valence-corrected chi connectivity index (χ0v) is 16.0. The lowest BCUT2D eigenvalue weighted by molar-refractivity contribution is 0.134. The smallest absolute Gasteiger partial charge is 0.317 e. The second-order valence-electron chi connectivity index (χ2n) is 8.66. The van der Waals surface area contributed by atoms with Gasteiger partial charge in [-0.15, -0.1) is 0 Å². The number of anilines is 1. The van der Waals surface area contributed by atoms with Crippen molar-refractivity contribution in [3.05, 3.63) is 29.3 Å². The van der Waals surface area contributed by atoms with Crippen LogP contribution < -0.4 is 11.1 Å². The highest BCUT2D eigenvalue weighted by molar-refractivity contribution is 5.74. The summed E-state index contributed by atoms with van der Waals surface area (Å²) in [6, 6.07) is 6.47. The van der Waals surface area contributed by atoms with Gasteiger partial charge < -0.3 is 16.0 Å². The normalized spacial score (nSPS) is 25.3. The second kappa shape index (κ2) is 6.89. The van der Waals surface area contributed by atoms with Crippen molar-refractivity contribution in [3.63, 3.8) is 0 Å². The fourth-order valence-electron chi connectivity index (χ4n) is 4.55. The van der Waals surface area contributed by atoms with Crippen LogP contribution in [0.1, 0.15) is 64.0 Å². The molecule has 138 valence electrons. The lowest BCUT2D eigenvalue weighted by atomic mass is 9.55. The molecule has 4 nitrogen and oxygen atoms in total. The number of nitrogen functional groups attached to an aromatic ring is 1. The van der Waals surface area contributed by atoms with Crippen molar-refractivity contribution in [2.45, 2.75) is 64.7 Å². The number of nitrogens with one attached hydrogen (secondary N) is 1. The van der Waals surface area contributed by atoms with E-state index in [1.807, 2.05) is 11.0 Å². The molecule has 3 N–H and O–H groups in total. The van der Waals surface area contributed by atoms with Crippen LogP contribution >= 0.6 is 0 Å². The molecule has 0 radical (unpaired) electrons. The Bertz CT molecular complexity index is 634. The molecule has 1 aliphatic heterocycles. The summed E-state index contributed by atoms with van der Waals surface area (Å²) < 4.78 is 0. The van der Waals surface area contributed by atoms with Crippen molar-refractivity contribution in [1.29, 1.82) is 0 Å². The number of aryl methyl sites for hydroxylation is 1. The van der Waals surface area contributed by atoms with Gasteiger partial charge in [0.2, 0.25) is 0 Å². The van der Waals surface area contributed by atoms with Crippen molar-refractivity contribution in [1.82, 2.24) is 10.2 Å². The number of carbonyl (C=O) groups is 1. The Morgan fingerprint density at radius 2 is 1.92 bits per heavy atom. The number of hydrogen-bond donors (Lipinski definition) is 2. The Morgan fingerprint density at radius 3 is 2.64 bits per heavy atom. The molecule has 1 fully saturated rings. The first-order valence-electron chi connectivity index (χ1n) is 9.75. The number of rotatable bonds is 3. The number of likely N-dealkylation sites (tertiary alicyclic amines) is 1. The standard InChI is InChI=1S/C21H33N3O/c1-20(2)10-9-16-15-17(22)7-8-18(16)21(20,3)11-12-23-19(25)24-13-5-4-6-14-24/h7-8,15H,4-6,9-14,22H2,1-3H3,(H,23,25). The molecule has 1 aliphatic carbocycles. The monoisotopic (exact) mass is 343 g/mol. The van der Waals surface area contributed by atoms with Gasteiger partial charge in [0.1, 0.15) is 0 Å². The summed E-state index contributed by atoms with van der Waals surface area (Å²) in [7, 11) is 0. The number of piperidine rings is 1. The molecule has 25 heavy (non-hydrogen) atoms.